The van der Waals surface area contributed by atoms with Crippen molar-refractivity contribution in [3.05, 3.63) is 52.4 Å². The minimum Gasteiger partial charge on any atom is -1.00 e. The van der Waals surface area contributed by atoms with Gasteiger partial charge in [-0.15, -0.1) is 29.3 Å². The molecule has 0 aromatic heterocycles. The third-order valence-corrected chi connectivity index (χ3v) is 3.45. The summed E-state index contributed by atoms with van der Waals surface area (Å²) in [7, 11) is 1.68. The van der Waals surface area contributed by atoms with Gasteiger partial charge in [0, 0.05) is 12.1 Å². The number of aliphatic hydroxyl groups excluding tert-OH is 1. The number of hydrogen-bond acceptors (Lipinski definition) is 3. The van der Waals surface area contributed by atoms with Crippen molar-refractivity contribution < 1.29 is 60.9 Å². The minimum atomic E-state index is -0.0548. The van der Waals surface area contributed by atoms with Crippen LogP contribution in [0.2, 0.25) is 0 Å². The second-order valence-electron chi connectivity index (χ2n) is 6.32. The first-order valence-electron chi connectivity index (χ1n) is 7.28. The number of nitrogens with one attached hydrogen (secondary N) is 1. The summed E-state index contributed by atoms with van der Waals surface area (Å²) >= 11 is 0. The van der Waals surface area contributed by atoms with Gasteiger partial charge in [-0.05, 0) is 39.8 Å². The van der Waals surface area contributed by atoms with Gasteiger partial charge in [0.1, 0.15) is 0 Å². The number of benzene rings is 1. The van der Waals surface area contributed by atoms with Crippen molar-refractivity contribution >= 4 is 5.57 Å². The van der Waals surface area contributed by atoms with Crippen LogP contribution in [0.15, 0.2) is 29.7 Å². The molecule has 0 saturated heterocycles. The molecule has 0 bridgehead atoms. The molecule has 1 radical (unpaired) electrons. The second kappa shape index (κ2) is 10.7. The maximum Gasteiger partial charge on any atom is 3.00 e. The molecule has 1 aromatic rings. The SMILES string of the molecule is COC(C)=C1C(NC(C)(C)C)=[C-]c2cccc(CCO)c21.[Cl-].[Cl-].[Zr+3]. The fraction of sp³-hybridized carbons (Fsp3) is 0.444. The van der Waals surface area contributed by atoms with E-state index in [0.29, 0.717) is 6.42 Å². The van der Waals surface area contributed by atoms with Crippen LogP contribution >= 0.6 is 0 Å². The van der Waals surface area contributed by atoms with E-state index in [9.17, 15) is 5.11 Å². The van der Waals surface area contributed by atoms with E-state index >= 15 is 0 Å². The Morgan fingerprint density at radius 3 is 2.38 bits per heavy atom. The Morgan fingerprint density at radius 1 is 1.25 bits per heavy atom. The molecule has 1 aromatic carbocycles. The normalized spacial score (nSPS) is 14.3. The summed E-state index contributed by atoms with van der Waals surface area (Å²) in [5.41, 5.74) is 5.26. The van der Waals surface area contributed by atoms with Crippen LogP contribution in [0.25, 0.3) is 5.57 Å². The summed E-state index contributed by atoms with van der Waals surface area (Å²) in [5, 5.41) is 12.8. The molecular weight excluding hydrogens is 424 g/mol. The van der Waals surface area contributed by atoms with Crippen LogP contribution in [0, 0.1) is 6.08 Å². The molecule has 0 heterocycles. The third kappa shape index (κ3) is 5.91. The van der Waals surface area contributed by atoms with Crippen LogP contribution in [0.5, 0.6) is 0 Å². The van der Waals surface area contributed by atoms with E-state index in [4.69, 9.17) is 4.74 Å². The van der Waals surface area contributed by atoms with E-state index in [-0.39, 0.29) is 63.2 Å². The van der Waals surface area contributed by atoms with Gasteiger partial charge in [0.15, 0.2) is 0 Å². The van der Waals surface area contributed by atoms with E-state index in [1.54, 1.807) is 7.11 Å². The molecule has 3 nitrogen and oxygen atoms in total. The zero-order chi connectivity index (χ0) is 15.6. The number of fused-ring (bicyclic) bond motifs is 1. The Bertz CT molecular complexity index is 608. The Kier molecular flexibility index (Phi) is 11.5. The van der Waals surface area contributed by atoms with Gasteiger partial charge in [-0.25, -0.2) is 0 Å². The average Bonchev–Trinajstić information content (AvgIpc) is 2.75. The number of allylic oxidation sites excluding steroid dienone is 2. The fourth-order valence-electron chi connectivity index (χ4n) is 2.57. The van der Waals surface area contributed by atoms with Gasteiger partial charge in [-0.2, -0.15) is 0 Å². The van der Waals surface area contributed by atoms with Crippen LogP contribution in [0.3, 0.4) is 0 Å². The van der Waals surface area contributed by atoms with Gasteiger partial charge in [0.05, 0.1) is 12.9 Å². The Labute approximate surface area is 176 Å². The molecule has 0 amide bonds. The molecule has 1 aliphatic rings. The molecule has 0 atom stereocenters. The van der Waals surface area contributed by atoms with E-state index in [1.807, 2.05) is 13.0 Å². The van der Waals surface area contributed by atoms with Gasteiger partial charge in [0.25, 0.3) is 0 Å². The van der Waals surface area contributed by atoms with E-state index in [2.05, 4.69) is 44.3 Å². The Hall–Kier alpha value is -0.277. The molecule has 24 heavy (non-hydrogen) atoms. The van der Waals surface area contributed by atoms with Crippen molar-refractivity contribution in [2.45, 2.75) is 39.7 Å². The van der Waals surface area contributed by atoms with Crippen molar-refractivity contribution in [2.24, 2.45) is 0 Å². The van der Waals surface area contributed by atoms with Crippen molar-refractivity contribution in [1.82, 2.24) is 5.32 Å². The van der Waals surface area contributed by atoms with Crippen molar-refractivity contribution in [3.63, 3.8) is 0 Å². The third-order valence-electron chi connectivity index (χ3n) is 3.45. The maximum absolute atomic E-state index is 9.30. The molecule has 6 heteroatoms. The zero-order valence-corrected chi connectivity index (χ0v) is 18.7. The predicted molar refractivity (Wildman–Crippen MR) is 85.6 cm³/mol. The monoisotopic (exact) mass is 446 g/mol. The van der Waals surface area contributed by atoms with Gasteiger partial charge >= 0.3 is 26.2 Å². The zero-order valence-electron chi connectivity index (χ0n) is 14.8. The van der Waals surface area contributed by atoms with Crippen LogP contribution in [-0.4, -0.2) is 24.4 Å². The van der Waals surface area contributed by atoms with Gasteiger partial charge < -0.3 is 40.0 Å². The first kappa shape index (κ1) is 26.0. The smallest absolute Gasteiger partial charge is 1.00 e. The van der Waals surface area contributed by atoms with E-state index in [1.165, 1.54) is 0 Å². The van der Waals surface area contributed by atoms with Crippen molar-refractivity contribution in [1.29, 1.82) is 0 Å². The first-order chi connectivity index (χ1) is 9.87. The molecule has 0 fully saturated rings. The molecule has 0 saturated carbocycles. The first-order valence-corrected chi connectivity index (χ1v) is 7.28. The number of methoxy groups -OCH3 is 1. The molecule has 131 valence electrons. The van der Waals surface area contributed by atoms with Crippen molar-refractivity contribution in [2.75, 3.05) is 13.7 Å². The minimum absolute atomic E-state index is 0. The molecule has 0 aliphatic heterocycles. The van der Waals surface area contributed by atoms with E-state index < -0.39 is 0 Å². The maximum atomic E-state index is 9.30. The Morgan fingerprint density at radius 2 is 1.88 bits per heavy atom. The van der Waals surface area contributed by atoms with Crippen LogP contribution in [0.1, 0.15) is 44.4 Å². The Balaban J connectivity index is 0. The molecule has 0 spiro atoms. The molecule has 2 rings (SSSR count). The average molecular weight is 449 g/mol. The van der Waals surface area contributed by atoms with Gasteiger partial charge in [-0.3, -0.25) is 0 Å². The second-order valence-corrected chi connectivity index (χ2v) is 6.32. The summed E-state index contributed by atoms with van der Waals surface area (Å²) in [4.78, 5) is 0. The summed E-state index contributed by atoms with van der Waals surface area (Å²) in [5.74, 6) is 0.860. The van der Waals surface area contributed by atoms with E-state index in [0.717, 1.165) is 33.7 Å². The predicted octanol–water partition coefficient (Wildman–Crippen LogP) is -2.96. The summed E-state index contributed by atoms with van der Waals surface area (Å²) in [6.07, 6.45) is 4.07. The summed E-state index contributed by atoms with van der Waals surface area (Å²) in [6.45, 7) is 8.47. The number of rotatable bonds is 4. The summed E-state index contributed by atoms with van der Waals surface area (Å²) in [6, 6.07) is 6.12. The van der Waals surface area contributed by atoms with Crippen LogP contribution in [-0.2, 0) is 37.4 Å². The number of hydrogen-bond donors (Lipinski definition) is 2. The fourth-order valence-corrected chi connectivity index (χ4v) is 2.57. The van der Waals surface area contributed by atoms with Crippen LogP contribution in [0.4, 0.5) is 0 Å². The van der Waals surface area contributed by atoms with Gasteiger partial charge in [0.2, 0.25) is 0 Å². The molecule has 2 N–H and O–H groups in total. The topological polar surface area (TPSA) is 41.5 Å². The summed E-state index contributed by atoms with van der Waals surface area (Å²) < 4.78 is 5.49. The molecule has 0 unspecified atom stereocenters. The number of aliphatic hydroxyl groups is 1. The number of halogens is 2. The van der Waals surface area contributed by atoms with Gasteiger partial charge in [-0.1, -0.05) is 17.2 Å². The molecule has 1 aliphatic carbocycles. The van der Waals surface area contributed by atoms with Crippen molar-refractivity contribution in [3.8, 4) is 0 Å². The largest absolute Gasteiger partial charge is 3.00 e. The quantitative estimate of drug-likeness (QED) is 0.382. The number of ether oxygens (including phenoxy) is 1. The van der Waals surface area contributed by atoms with Crippen LogP contribution < -0.4 is 30.1 Å². The standard InChI is InChI=1S/C18H24NO2.2ClH.Zr/c1-12(21-5)16-15(19-18(2,3)4)11-14-8-6-7-13(9-10-20)17(14)16;;;/h6-8,19-20H,9-10H2,1-5H3;2*1H;/q-1;;;+3/p-2. The molecular formula is C18H24Cl2NO2Zr.